The lowest BCUT2D eigenvalue weighted by Gasteiger charge is -2.49. The van der Waals surface area contributed by atoms with Crippen LogP contribution in [0.1, 0.15) is 48.2 Å². The van der Waals surface area contributed by atoms with E-state index in [-0.39, 0.29) is 11.9 Å². The van der Waals surface area contributed by atoms with Gasteiger partial charge in [0, 0.05) is 41.4 Å². The number of rotatable bonds is 7. The zero-order valence-electron chi connectivity index (χ0n) is 20.1. The summed E-state index contributed by atoms with van der Waals surface area (Å²) in [5.74, 6) is 1.35. The number of carbonyl (C=O) groups excluding carboxylic acids is 1. The molecule has 180 valence electrons. The Morgan fingerprint density at radius 1 is 1.00 bits per heavy atom. The molecule has 0 spiro atoms. The minimum Gasteiger partial charge on any atom is -0.493 e. The highest BCUT2D eigenvalue weighted by atomic mass is 16.5. The first-order chi connectivity index (χ1) is 16.6. The van der Waals surface area contributed by atoms with E-state index < -0.39 is 0 Å². The second-order valence-corrected chi connectivity index (χ2v) is 9.35. The highest BCUT2D eigenvalue weighted by Gasteiger charge is 2.39. The first kappa shape index (κ1) is 22.6. The number of hydrogen-bond acceptors (Lipinski definition) is 5. The molecule has 1 amide bonds. The minimum absolute atomic E-state index is 0.105. The van der Waals surface area contributed by atoms with E-state index in [1.54, 1.807) is 33.5 Å². The second-order valence-electron chi connectivity index (χ2n) is 9.35. The Bertz CT molecular complexity index is 1100. The molecule has 7 nitrogen and oxygen atoms in total. The molecule has 1 unspecified atom stereocenters. The lowest BCUT2D eigenvalue weighted by molar-refractivity contribution is 0.0169. The largest absolute Gasteiger partial charge is 0.493 e. The first-order valence-electron chi connectivity index (χ1n) is 12.0. The molecule has 0 saturated carbocycles. The van der Waals surface area contributed by atoms with Crippen molar-refractivity contribution in [2.75, 3.05) is 21.3 Å². The topological polar surface area (TPSA) is 75.8 Å². The summed E-state index contributed by atoms with van der Waals surface area (Å²) in [6.45, 7) is 0.928. The van der Waals surface area contributed by atoms with Gasteiger partial charge in [0.15, 0.2) is 11.5 Å². The zero-order chi connectivity index (χ0) is 23.7. The maximum atomic E-state index is 13.2. The predicted octanol–water partition coefficient (Wildman–Crippen LogP) is 4.51. The molecule has 3 atom stereocenters. The van der Waals surface area contributed by atoms with E-state index in [2.05, 4.69) is 45.5 Å². The van der Waals surface area contributed by atoms with E-state index in [1.807, 2.05) is 0 Å². The molecule has 2 saturated heterocycles. The predicted molar refractivity (Wildman–Crippen MR) is 132 cm³/mol. The van der Waals surface area contributed by atoms with Crippen LogP contribution in [0, 0.1) is 0 Å². The van der Waals surface area contributed by atoms with Crippen molar-refractivity contribution in [3.63, 3.8) is 0 Å². The standard InChI is InChI=1S/C27H33N3O4/c1-32-24-12-18(13-25(33-2)26(24)34-3)27(31)29-19-14-21-8-6-9-22(15-19)30(21)16-20-11-17-7-4-5-10-23(17)28-20/h4-5,7,10-13,19,21-22,28H,6,8-9,14-16H2,1-3H3,(H,29,31)/t19?,21-,22+. The molecule has 2 aromatic carbocycles. The van der Waals surface area contributed by atoms with Crippen LogP contribution in [-0.4, -0.2) is 55.2 Å². The van der Waals surface area contributed by atoms with Crippen molar-refractivity contribution in [2.24, 2.45) is 0 Å². The summed E-state index contributed by atoms with van der Waals surface area (Å²) in [7, 11) is 4.68. The average molecular weight is 464 g/mol. The fourth-order valence-corrected chi connectivity index (χ4v) is 5.75. The molecule has 1 aromatic heterocycles. The van der Waals surface area contributed by atoms with Crippen molar-refractivity contribution in [2.45, 2.75) is 56.8 Å². The van der Waals surface area contributed by atoms with E-state index in [0.717, 1.165) is 19.4 Å². The Morgan fingerprint density at radius 2 is 1.68 bits per heavy atom. The van der Waals surface area contributed by atoms with Crippen molar-refractivity contribution < 1.29 is 19.0 Å². The molecule has 7 heteroatoms. The lowest BCUT2D eigenvalue weighted by atomic mass is 9.81. The number of benzene rings is 2. The normalized spacial score (nSPS) is 22.4. The van der Waals surface area contributed by atoms with Gasteiger partial charge in [0.25, 0.3) is 5.91 Å². The number of ether oxygens (including phenoxy) is 3. The molecule has 2 bridgehead atoms. The van der Waals surface area contributed by atoms with Gasteiger partial charge in [-0.25, -0.2) is 0 Å². The number of aromatic amines is 1. The molecule has 2 N–H and O–H groups in total. The average Bonchev–Trinajstić information content (AvgIpc) is 3.25. The molecular formula is C27H33N3O4. The van der Waals surface area contributed by atoms with Gasteiger partial charge in [0.2, 0.25) is 5.75 Å². The smallest absolute Gasteiger partial charge is 0.251 e. The van der Waals surface area contributed by atoms with Gasteiger partial charge in [-0.3, -0.25) is 9.69 Å². The highest BCUT2D eigenvalue weighted by molar-refractivity contribution is 5.95. The van der Waals surface area contributed by atoms with E-state index in [0.29, 0.717) is 34.9 Å². The van der Waals surface area contributed by atoms with Crippen LogP contribution in [0.2, 0.25) is 0 Å². The third-order valence-electron chi connectivity index (χ3n) is 7.33. The number of amides is 1. The fourth-order valence-electron chi connectivity index (χ4n) is 5.75. The molecule has 3 aromatic rings. The summed E-state index contributed by atoms with van der Waals surface area (Å²) in [6, 6.07) is 15.2. The molecular weight excluding hydrogens is 430 g/mol. The van der Waals surface area contributed by atoms with Gasteiger partial charge in [0.1, 0.15) is 0 Å². The minimum atomic E-state index is -0.105. The van der Waals surface area contributed by atoms with Crippen molar-refractivity contribution in [3.05, 3.63) is 53.7 Å². The molecule has 3 heterocycles. The maximum absolute atomic E-state index is 13.2. The molecule has 34 heavy (non-hydrogen) atoms. The summed E-state index contributed by atoms with van der Waals surface area (Å²) in [6.07, 6.45) is 5.53. The SMILES string of the molecule is COc1cc(C(=O)NC2C[C@H]3CCC[C@@H](C2)N3Cc2cc3ccccc3[nH]2)cc(OC)c1OC. The number of aromatic nitrogens is 1. The fraction of sp³-hybridized carbons (Fsp3) is 0.444. The molecule has 2 fully saturated rings. The monoisotopic (exact) mass is 463 g/mol. The Hall–Kier alpha value is -3.19. The van der Waals surface area contributed by atoms with Crippen LogP contribution in [0.3, 0.4) is 0 Å². The second kappa shape index (κ2) is 9.58. The van der Waals surface area contributed by atoms with Gasteiger partial charge >= 0.3 is 0 Å². The van der Waals surface area contributed by atoms with Crippen LogP contribution in [0.5, 0.6) is 17.2 Å². The Morgan fingerprint density at radius 3 is 2.29 bits per heavy atom. The number of carbonyl (C=O) groups is 1. The van der Waals surface area contributed by atoms with Gasteiger partial charge in [-0.05, 0) is 55.3 Å². The van der Waals surface area contributed by atoms with E-state index in [4.69, 9.17) is 14.2 Å². The number of H-pyrrole nitrogens is 1. The van der Waals surface area contributed by atoms with Crippen molar-refractivity contribution in [3.8, 4) is 17.2 Å². The van der Waals surface area contributed by atoms with Crippen LogP contribution >= 0.6 is 0 Å². The van der Waals surface area contributed by atoms with Gasteiger partial charge in [0.05, 0.1) is 21.3 Å². The maximum Gasteiger partial charge on any atom is 0.251 e. The molecule has 5 rings (SSSR count). The summed E-state index contributed by atoms with van der Waals surface area (Å²) < 4.78 is 16.2. The lowest BCUT2D eigenvalue weighted by Crippen LogP contribution is -2.56. The summed E-state index contributed by atoms with van der Waals surface area (Å²) in [4.78, 5) is 19.4. The van der Waals surface area contributed by atoms with E-state index in [1.165, 1.54) is 35.9 Å². The summed E-state index contributed by atoms with van der Waals surface area (Å²) >= 11 is 0. The quantitative estimate of drug-likeness (QED) is 0.539. The third-order valence-corrected chi connectivity index (χ3v) is 7.33. The zero-order valence-corrected chi connectivity index (χ0v) is 20.1. The number of fused-ring (bicyclic) bond motifs is 3. The van der Waals surface area contributed by atoms with Crippen LogP contribution in [-0.2, 0) is 6.54 Å². The first-order valence-corrected chi connectivity index (χ1v) is 12.0. The Balaban J connectivity index is 1.28. The van der Waals surface area contributed by atoms with E-state index in [9.17, 15) is 4.79 Å². The van der Waals surface area contributed by atoms with Gasteiger partial charge in [-0.15, -0.1) is 0 Å². The number of nitrogens with one attached hydrogen (secondary N) is 2. The van der Waals surface area contributed by atoms with Gasteiger partial charge < -0.3 is 24.5 Å². The van der Waals surface area contributed by atoms with Crippen LogP contribution in [0.15, 0.2) is 42.5 Å². The number of piperidine rings is 2. The number of para-hydroxylation sites is 1. The Kier molecular flexibility index (Phi) is 6.37. The molecule has 2 aliphatic heterocycles. The van der Waals surface area contributed by atoms with Gasteiger partial charge in [-0.2, -0.15) is 0 Å². The molecule has 0 aliphatic carbocycles. The van der Waals surface area contributed by atoms with Crippen LogP contribution < -0.4 is 19.5 Å². The Labute approximate surface area is 200 Å². The van der Waals surface area contributed by atoms with E-state index >= 15 is 0 Å². The number of methoxy groups -OCH3 is 3. The van der Waals surface area contributed by atoms with Crippen LogP contribution in [0.25, 0.3) is 10.9 Å². The van der Waals surface area contributed by atoms with Gasteiger partial charge in [-0.1, -0.05) is 24.6 Å². The van der Waals surface area contributed by atoms with Crippen molar-refractivity contribution in [1.82, 2.24) is 15.2 Å². The summed E-state index contributed by atoms with van der Waals surface area (Å²) in [5.41, 5.74) is 2.97. The van der Waals surface area contributed by atoms with Crippen molar-refractivity contribution in [1.29, 1.82) is 0 Å². The van der Waals surface area contributed by atoms with Crippen LogP contribution in [0.4, 0.5) is 0 Å². The summed E-state index contributed by atoms with van der Waals surface area (Å²) in [5, 5.41) is 4.54. The number of nitrogens with zero attached hydrogens (tertiary/aromatic N) is 1. The molecule has 0 radical (unpaired) electrons. The number of hydrogen-bond donors (Lipinski definition) is 2. The van der Waals surface area contributed by atoms with Crippen molar-refractivity contribution >= 4 is 16.8 Å². The highest BCUT2D eigenvalue weighted by Crippen LogP contribution is 2.39. The third kappa shape index (κ3) is 4.32. The molecule has 2 aliphatic rings.